The molecule has 0 heterocycles. The van der Waals surface area contributed by atoms with Gasteiger partial charge in [0.1, 0.15) is 0 Å². The minimum absolute atomic E-state index is 0.0290. The summed E-state index contributed by atoms with van der Waals surface area (Å²) in [6.45, 7) is 11.0. The Hall–Kier alpha value is -2.64. The van der Waals surface area contributed by atoms with Gasteiger partial charge in [-0.05, 0) is 89.9 Å². The van der Waals surface area contributed by atoms with Crippen LogP contribution in [0.2, 0.25) is 0 Å². The number of rotatable bonds is 73. The van der Waals surface area contributed by atoms with Gasteiger partial charge >= 0.3 is 23.9 Å². The molecule has 8 nitrogen and oxygen atoms in total. The highest BCUT2D eigenvalue weighted by atomic mass is 16.5. The highest BCUT2D eigenvalue weighted by Gasteiger charge is 2.13. The summed E-state index contributed by atoms with van der Waals surface area (Å²) in [5.41, 5.74) is 0. The minimum atomic E-state index is -0.0978. The van der Waals surface area contributed by atoms with E-state index in [1.807, 2.05) is 0 Å². The Kier molecular flexibility index (Phi) is 71.2. The zero-order chi connectivity index (χ0) is 63.8. The molecule has 0 aromatic heterocycles. The third-order valence-electron chi connectivity index (χ3n) is 18.1. The Morgan fingerprint density at radius 3 is 0.705 bits per heavy atom. The lowest BCUT2D eigenvalue weighted by Gasteiger charge is -2.14. The van der Waals surface area contributed by atoms with E-state index in [0.717, 1.165) is 128 Å². The molecule has 0 N–H and O–H groups in total. The molecule has 0 saturated carbocycles. The van der Waals surface area contributed by atoms with Crippen molar-refractivity contribution in [2.45, 2.75) is 426 Å². The molecule has 88 heavy (non-hydrogen) atoms. The molecule has 0 fully saturated rings. The van der Waals surface area contributed by atoms with Gasteiger partial charge in [0.05, 0.1) is 26.4 Å². The zero-order valence-electron chi connectivity index (χ0n) is 59.4. The molecule has 0 aromatic rings. The van der Waals surface area contributed by atoms with Gasteiger partial charge in [-0.15, -0.1) is 0 Å². The molecule has 0 aromatic carbocycles. The molecule has 0 radical (unpaired) electrons. The van der Waals surface area contributed by atoms with E-state index in [0.29, 0.717) is 63.9 Å². The fraction of sp³-hybridized carbons (Fsp3) is 0.900. The summed E-state index contributed by atoms with van der Waals surface area (Å²) in [6.07, 6.45) is 82.3. The van der Waals surface area contributed by atoms with Crippen LogP contribution in [-0.2, 0) is 38.1 Å². The van der Waals surface area contributed by atoms with Gasteiger partial charge in [0, 0.05) is 37.5 Å². The Balaban J connectivity index is 4.08. The normalized spacial score (nSPS) is 12.4. The van der Waals surface area contributed by atoms with E-state index in [1.165, 1.54) is 244 Å². The molecule has 0 saturated heterocycles. The molecule has 0 aliphatic heterocycles. The van der Waals surface area contributed by atoms with Crippen LogP contribution in [0.3, 0.4) is 0 Å². The van der Waals surface area contributed by atoms with Crippen LogP contribution in [0.25, 0.3) is 0 Å². The molecular formula is C80H150O8. The van der Waals surface area contributed by atoms with Gasteiger partial charge in [-0.25, -0.2) is 0 Å². The topological polar surface area (TPSA) is 105 Å². The molecule has 0 aliphatic carbocycles. The molecule has 0 rings (SSSR count). The van der Waals surface area contributed by atoms with Crippen molar-refractivity contribution in [2.24, 2.45) is 11.8 Å². The van der Waals surface area contributed by atoms with E-state index in [2.05, 4.69) is 52.0 Å². The lowest BCUT2D eigenvalue weighted by molar-refractivity contribution is -0.145. The number of esters is 4. The van der Waals surface area contributed by atoms with Gasteiger partial charge in [0.25, 0.3) is 0 Å². The second-order valence-corrected chi connectivity index (χ2v) is 27.0. The van der Waals surface area contributed by atoms with Crippen LogP contribution in [-0.4, -0.2) is 50.3 Å². The molecule has 2 unspecified atom stereocenters. The first-order chi connectivity index (χ1) is 43.4. The molecular weight excluding hydrogens is 1090 g/mol. The average Bonchev–Trinajstić information content (AvgIpc) is 3.53. The summed E-state index contributed by atoms with van der Waals surface area (Å²) >= 11 is 0. The number of carbonyl (C=O) groups is 4. The highest BCUT2D eigenvalue weighted by Crippen LogP contribution is 2.21. The first kappa shape index (κ1) is 85.4. The zero-order valence-corrected chi connectivity index (χ0v) is 59.4. The van der Waals surface area contributed by atoms with Crippen LogP contribution in [0.5, 0.6) is 0 Å². The number of hydrogen-bond donors (Lipinski definition) is 0. The van der Waals surface area contributed by atoms with E-state index in [9.17, 15) is 19.2 Å². The van der Waals surface area contributed by atoms with E-state index in [-0.39, 0.29) is 23.9 Å². The van der Waals surface area contributed by atoms with Crippen molar-refractivity contribution >= 4 is 23.9 Å². The maximum Gasteiger partial charge on any atom is 0.305 e. The van der Waals surface area contributed by atoms with Crippen LogP contribution >= 0.6 is 0 Å². The highest BCUT2D eigenvalue weighted by molar-refractivity contribution is 5.70. The fourth-order valence-electron chi connectivity index (χ4n) is 12.1. The Bertz CT molecular complexity index is 1400. The van der Waals surface area contributed by atoms with Crippen molar-refractivity contribution in [1.29, 1.82) is 0 Å². The van der Waals surface area contributed by atoms with E-state index < -0.39 is 0 Å². The Labute approximate surface area is 547 Å². The molecule has 0 spiro atoms. The number of unbranched alkanes of at least 4 members (excludes halogenated alkanes) is 49. The van der Waals surface area contributed by atoms with Crippen molar-refractivity contribution in [2.75, 3.05) is 26.4 Å². The van der Waals surface area contributed by atoms with Crippen LogP contribution in [0, 0.1) is 11.8 Å². The van der Waals surface area contributed by atoms with Gasteiger partial charge in [-0.3, -0.25) is 19.2 Å². The SMILES string of the molecule is CCCCCCCCCCCCCCCCCC(=O)OCC(/C=C/CCCCCCC(=O)OCCCCCCOC(=O)CCCCCC/C=C/C(CCCCCCCC)COC(=O)CCCCCCCCCCCCCCCCC)CCCCCCCC. The van der Waals surface area contributed by atoms with Gasteiger partial charge in [-0.1, -0.05) is 335 Å². The molecule has 0 amide bonds. The van der Waals surface area contributed by atoms with Crippen molar-refractivity contribution < 1.29 is 38.1 Å². The maximum absolute atomic E-state index is 12.7. The molecule has 0 aliphatic rings. The maximum atomic E-state index is 12.7. The van der Waals surface area contributed by atoms with Crippen LogP contribution in [0.4, 0.5) is 0 Å². The van der Waals surface area contributed by atoms with Gasteiger partial charge in [0.15, 0.2) is 0 Å². The number of ether oxygens (including phenoxy) is 4. The summed E-state index contributed by atoms with van der Waals surface area (Å²) in [5.74, 6) is 0.338. The van der Waals surface area contributed by atoms with E-state index >= 15 is 0 Å². The van der Waals surface area contributed by atoms with Crippen molar-refractivity contribution in [3.05, 3.63) is 24.3 Å². The summed E-state index contributed by atoms with van der Waals surface area (Å²) in [4.78, 5) is 50.0. The third-order valence-corrected chi connectivity index (χ3v) is 18.1. The monoisotopic (exact) mass is 1240 g/mol. The average molecular weight is 1240 g/mol. The molecule has 0 bridgehead atoms. The molecule has 2 atom stereocenters. The summed E-state index contributed by atoms with van der Waals surface area (Å²) in [6, 6.07) is 0. The number of hydrogen-bond acceptors (Lipinski definition) is 8. The largest absolute Gasteiger partial charge is 0.466 e. The summed E-state index contributed by atoms with van der Waals surface area (Å²) < 4.78 is 22.7. The summed E-state index contributed by atoms with van der Waals surface area (Å²) in [5, 5.41) is 0. The van der Waals surface area contributed by atoms with Crippen LogP contribution in [0.15, 0.2) is 24.3 Å². The second kappa shape index (κ2) is 73.4. The first-order valence-electron chi connectivity index (χ1n) is 39.3. The second-order valence-electron chi connectivity index (χ2n) is 27.0. The third kappa shape index (κ3) is 69.3. The molecule has 518 valence electrons. The quantitative estimate of drug-likeness (QED) is 0.0257. The Morgan fingerprint density at radius 1 is 0.239 bits per heavy atom. The van der Waals surface area contributed by atoms with Crippen LogP contribution < -0.4 is 0 Å². The molecule has 8 heteroatoms. The minimum Gasteiger partial charge on any atom is -0.466 e. The smallest absolute Gasteiger partial charge is 0.305 e. The Morgan fingerprint density at radius 2 is 0.443 bits per heavy atom. The lowest BCUT2D eigenvalue weighted by Crippen LogP contribution is -2.13. The van der Waals surface area contributed by atoms with Crippen LogP contribution in [0.1, 0.15) is 426 Å². The standard InChI is InChI=1S/C80H150O8/c1-5-9-13-17-21-23-25-27-29-31-33-35-37-47-59-69-79(83)87-73-75(63-53-43-19-15-11-7-3)65-55-45-39-41-49-57-67-77(81)85-71-61-51-52-62-72-86-78(82)68-58-50-42-40-46-56-66-76(64-54-44-20-16-12-8-4)74-88-80(84)70-60-48-38-36-34-32-30-28-26-24-22-18-14-10-6-2/h55-56,65-66,75-76H,5-54,57-64,67-74H2,1-4H3/b65-55+,66-56+. The van der Waals surface area contributed by atoms with E-state index in [1.54, 1.807) is 0 Å². The van der Waals surface area contributed by atoms with Crippen molar-refractivity contribution in [3.63, 3.8) is 0 Å². The number of carbonyl (C=O) groups excluding carboxylic acids is 4. The summed E-state index contributed by atoms with van der Waals surface area (Å²) in [7, 11) is 0. The first-order valence-corrected chi connectivity index (χ1v) is 39.3. The predicted octanol–water partition coefficient (Wildman–Crippen LogP) is 25.8. The predicted molar refractivity (Wildman–Crippen MR) is 378 cm³/mol. The lowest BCUT2D eigenvalue weighted by atomic mass is 9.99. The van der Waals surface area contributed by atoms with Gasteiger partial charge < -0.3 is 18.9 Å². The van der Waals surface area contributed by atoms with Crippen molar-refractivity contribution in [1.82, 2.24) is 0 Å². The van der Waals surface area contributed by atoms with Gasteiger partial charge in [0.2, 0.25) is 0 Å². The van der Waals surface area contributed by atoms with Crippen molar-refractivity contribution in [3.8, 4) is 0 Å². The number of allylic oxidation sites excluding steroid dienone is 2. The van der Waals surface area contributed by atoms with Gasteiger partial charge in [-0.2, -0.15) is 0 Å². The van der Waals surface area contributed by atoms with E-state index in [4.69, 9.17) is 18.9 Å². The fourth-order valence-corrected chi connectivity index (χ4v) is 12.1.